The fourth-order valence-corrected chi connectivity index (χ4v) is 1.68. The summed E-state index contributed by atoms with van der Waals surface area (Å²) in [5.41, 5.74) is 5.71. The Morgan fingerprint density at radius 3 is 2.82 bits per heavy atom. The first-order valence-corrected chi connectivity index (χ1v) is 4.82. The van der Waals surface area contributed by atoms with Gasteiger partial charge in [-0.1, -0.05) is 19.8 Å². The zero-order chi connectivity index (χ0) is 8.10. The van der Waals surface area contributed by atoms with Gasteiger partial charge in [0.25, 0.3) is 0 Å². The number of unbranched alkanes of at least 4 members (excludes halogenated alkanes) is 1. The lowest BCUT2D eigenvalue weighted by Gasteiger charge is -2.27. The summed E-state index contributed by atoms with van der Waals surface area (Å²) in [7, 11) is 0. The Morgan fingerprint density at radius 1 is 1.45 bits per heavy atom. The summed E-state index contributed by atoms with van der Waals surface area (Å²) in [6.45, 7) is 3.39. The summed E-state index contributed by atoms with van der Waals surface area (Å²) >= 11 is 0. The van der Waals surface area contributed by atoms with Crippen LogP contribution in [0.25, 0.3) is 0 Å². The molecule has 2 atom stereocenters. The van der Waals surface area contributed by atoms with E-state index in [9.17, 15) is 0 Å². The van der Waals surface area contributed by atoms with Crippen LogP contribution in [0, 0.1) is 5.92 Å². The molecule has 0 saturated carbocycles. The fraction of sp³-hybridized carbons (Fsp3) is 1.00. The predicted octanol–water partition coefficient (Wildman–Crippen LogP) is 1.46. The normalized spacial score (nSPS) is 32.2. The maximum absolute atomic E-state index is 5.71. The molecule has 0 radical (unpaired) electrons. The first-order chi connectivity index (χ1) is 5.33. The Hall–Kier alpha value is -0.0800. The van der Waals surface area contributed by atoms with E-state index in [0.29, 0.717) is 0 Å². The quantitative estimate of drug-likeness (QED) is 0.649. The van der Waals surface area contributed by atoms with Crippen molar-refractivity contribution in [1.82, 2.24) is 5.32 Å². The van der Waals surface area contributed by atoms with Crippen LogP contribution >= 0.6 is 0 Å². The molecule has 11 heavy (non-hydrogen) atoms. The van der Waals surface area contributed by atoms with E-state index in [1.54, 1.807) is 0 Å². The Bertz CT molecular complexity index is 93.0. The molecule has 3 N–H and O–H groups in total. The second-order valence-corrected chi connectivity index (χ2v) is 3.60. The van der Waals surface area contributed by atoms with E-state index in [4.69, 9.17) is 5.73 Å². The Kier molecular flexibility index (Phi) is 3.87. The van der Waals surface area contributed by atoms with Crippen molar-refractivity contribution in [2.45, 2.75) is 45.2 Å². The van der Waals surface area contributed by atoms with Crippen molar-refractivity contribution < 1.29 is 0 Å². The Morgan fingerprint density at radius 2 is 2.27 bits per heavy atom. The molecule has 0 aromatic carbocycles. The third-order valence-corrected chi connectivity index (χ3v) is 2.52. The number of nitrogens with two attached hydrogens (primary N) is 1. The van der Waals surface area contributed by atoms with Crippen LogP contribution in [0.5, 0.6) is 0 Å². The van der Waals surface area contributed by atoms with Gasteiger partial charge in [0.2, 0.25) is 0 Å². The second kappa shape index (κ2) is 4.73. The highest BCUT2D eigenvalue weighted by Crippen LogP contribution is 2.17. The van der Waals surface area contributed by atoms with E-state index in [-0.39, 0.29) is 6.17 Å². The standard InChI is InChI=1S/C9H20N2/c1-2-3-4-8-5-6-9(10)11-7-8/h8-9,11H,2-7,10H2,1H3. The summed E-state index contributed by atoms with van der Waals surface area (Å²) < 4.78 is 0. The molecular formula is C9H20N2. The summed E-state index contributed by atoms with van der Waals surface area (Å²) in [6, 6.07) is 0. The molecule has 1 saturated heterocycles. The predicted molar refractivity (Wildman–Crippen MR) is 48.2 cm³/mol. The number of rotatable bonds is 3. The average Bonchev–Trinajstić information content (AvgIpc) is 2.04. The third-order valence-electron chi connectivity index (χ3n) is 2.52. The van der Waals surface area contributed by atoms with Gasteiger partial charge in [0.05, 0.1) is 6.17 Å². The van der Waals surface area contributed by atoms with Crippen molar-refractivity contribution in [3.05, 3.63) is 0 Å². The van der Waals surface area contributed by atoms with E-state index < -0.39 is 0 Å². The van der Waals surface area contributed by atoms with Gasteiger partial charge < -0.3 is 11.1 Å². The molecule has 1 heterocycles. The van der Waals surface area contributed by atoms with E-state index in [2.05, 4.69) is 12.2 Å². The number of hydrogen-bond donors (Lipinski definition) is 2. The van der Waals surface area contributed by atoms with E-state index in [0.717, 1.165) is 18.9 Å². The molecule has 0 aromatic rings. The van der Waals surface area contributed by atoms with Crippen molar-refractivity contribution in [3.63, 3.8) is 0 Å². The number of hydrogen-bond acceptors (Lipinski definition) is 2. The minimum atomic E-state index is 0.271. The molecule has 1 aliphatic rings. The van der Waals surface area contributed by atoms with E-state index >= 15 is 0 Å². The third kappa shape index (κ3) is 3.21. The molecule has 0 bridgehead atoms. The first kappa shape index (κ1) is 9.01. The molecule has 66 valence electrons. The molecule has 2 heteroatoms. The van der Waals surface area contributed by atoms with Gasteiger partial charge in [0.15, 0.2) is 0 Å². The van der Waals surface area contributed by atoms with Crippen molar-refractivity contribution in [1.29, 1.82) is 0 Å². The zero-order valence-electron chi connectivity index (χ0n) is 7.47. The Balaban J connectivity index is 2.07. The summed E-state index contributed by atoms with van der Waals surface area (Å²) in [6.07, 6.45) is 6.84. The van der Waals surface area contributed by atoms with Crippen LogP contribution in [0.3, 0.4) is 0 Å². The minimum absolute atomic E-state index is 0.271. The topological polar surface area (TPSA) is 38.0 Å². The van der Waals surface area contributed by atoms with Crippen LogP contribution in [0.4, 0.5) is 0 Å². The molecule has 2 nitrogen and oxygen atoms in total. The van der Waals surface area contributed by atoms with E-state index in [1.165, 1.54) is 25.7 Å². The Labute approximate surface area is 69.5 Å². The molecule has 1 aliphatic heterocycles. The lowest BCUT2D eigenvalue weighted by Crippen LogP contribution is -2.44. The van der Waals surface area contributed by atoms with Gasteiger partial charge in [0, 0.05) is 0 Å². The summed E-state index contributed by atoms with van der Waals surface area (Å²) in [4.78, 5) is 0. The molecule has 1 fully saturated rings. The monoisotopic (exact) mass is 156 g/mol. The highest BCUT2D eigenvalue weighted by molar-refractivity contribution is 4.73. The van der Waals surface area contributed by atoms with Gasteiger partial charge in [0.1, 0.15) is 0 Å². The molecule has 1 rings (SSSR count). The van der Waals surface area contributed by atoms with E-state index in [1.807, 2.05) is 0 Å². The first-order valence-electron chi connectivity index (χ1n) is 4.82. The molecular weight excluding hydrogens is 136 g/mol. The van der Waals surface area contributed by atoms with Crippen molar-refractivity contribution in [2.24, 2.45) is 11.7 Å². The molecule has 0 amide bonds. The van der Waals surface area contributed by atoms with Gasteiger partial charge in [-0.15, -0.1) is 0 Å². The fourth-order valence-electron chi connectivity index (χ4n) is 1.68. The molecule has 0 aromatic heterocycles. The van der Waals surface area contributed by atoms with Crippen LogP contribution in [-0.4, -0.2) is 12.7 Å². The maximum atomic E-state index is 5.71. The largest absolute Gasteiger partial charge is 0.316 e. The number of piperidine rings is 1. The highest BCUT2D eigenvalue weighted by Gasteiger charge is 2.16. The number of nitrogens with one attached hydrogen (secondary N) is 1. The van der Waals surface area contributed by atoms with Crippen molar-refractivity contribution in [2.75, 3.05) is 6.54 Å². The van der Waals surface area contributed by atoms with Crippen molar-refractivity contribution >= 4 is 0 Å². The van der Waals surface area contributed by atoms with Gasteiger partial charge in [-0.25, -0.2) is 0 Å². The van der Waals surface area contributed by atoms with Gasteiger partial charge >= 0.3 is 0 Å². The van der Waals surface area contributed by atoms with Gasteiger partial charge in [-0.2, -0.15) is 0 Å². The smallest absolute Gasteiger partial charge is 0.0546 e. The van der Waals surface area contributed by atoms with Crippen LogP contribution in [-0.2, 0) is 0 Å². The second-order valence-electron chi connectivity index (χ2n) is 3.60. The molecule has 0 aliphatic carbocycles. The maximum Gasteiger partial charge on any atom is 0.0546 e. The van der Waals surface area contributed by atoms with Crippen LogP contribution in [0.1, 0.15) is 39.0 Å². The van der Waals surface area contributed by atoms with Gasteiger partial charge in [-0.3, -0.25) is 0 Å². The lowest BCUT2D eigenvalue weighted by atomic mass is 9.93. The van der Waals surface area contributed by atoms with Crippen molar-refractivity contribution in [3.8, 4) is 0 Å². The summed E-state index contributed by atoms with van der Waals surface area (Å²) in [5.74, 6) is 0.898. The highest BCUT2D eigenvalue weighted by atomic mass is 15.0. The SMILES string of the molecule is CCCCC1CCC(N)NC1. The summed E-state index contributed by atoms with van der Waals surface area (Å²) in [5, 5.41) is 3.32. The van der Waals surface area contributed by atoms with Crippen LogP contribution < -0.4 is 11.1 Å². The zero-order valence-corrected chi connectivity index (χ0v) is 7.47. The average molecular weight is 156 g/mol. The van der Waals surface area contributed by atoms with Gasteiger partial charge in [-0.05, 0) is 31.7 Å². The van der Waals surface area contributed by atoms with Crippen LogP contribution in [0.15, 0.2) is 0 Å². The molecule has 0 spiro atoms. The minimum Gasteiger partial charge on any atom is -0.316 e. The van der Waals surface area contributed by atoms with Crippen LogP contribution in [0.2, 0.25) is 0 Å². The lowest BCUT2D eigenvalue weighted by molar-refractivity contribution is 0.297. The molecule has 2 unspecified atom stereocenters.